The molecule has 1 aromatic carbocycles. The van der Waals surface area contributed by atoms with Crippen molar-refractivity contribution >= 4 is 23.3 Å². The van der Waals surface area contributed by atoms with Gasteiger partial charge >= 0.3 is 0 Å². The van der Waals surface area contributed by atoms with Gasteiger partial charge < -0.3 is 24.8 Å². The summed E-state index contributed by atoms with van der Waals surface area (Å²) in [5, 5.41) is 2.82. The van der Waals surface area contributed by atoms with Gasteiger partial charge in [-0.3, -0.25) is 14.4 Å². The molecule has 3 fully saturated rings. The highest BCUT2D eigenvalue weighted by Gasteiger charge is 2.55. The Labute approximate surface area is 210 Å². The number of nitrogens with one attached hydrogen (secondary N) is 1. The quantitative estimate of drug-likeness (QED) is 0.636. The van der Waals surface area contributed by atoms with Crippen molar-refractivity contribution in [1.82, 2.24) is 15.1 Å². The molecule has 3 heterocycles. The van der Waals surface area contributed by atoms with Gasteiger partial charge in [0, 0.05) is 44.0 Å². The van der Waals surface area contributed by atoms with Crippen molar-refractivity contribution in [1.29, 1.82) is 0 Å². The van der Waals surface area contributed by atoms with Crippen LogP contribution in [0, 0.1) is 11.3 Å². The fourth-order valence-corrected chi connectivity index (χ4v) is 5.28. The number of likely N-dealkylation sites (N-methyl/N-ethyl adjacent to an activating group) is 1. The van der Waals surface area contributed by atoms with Crippen LogP contribution in [0.4, 0.5) is 14.5 Å². The SMILES string of the molecule is CN1CCN(c2ccc(C(=O)N[C@@H](CC(C)(C)C)C(=O)N3C[C@@H](C(F)F)[C@H]4OCC(=O)[C@H]43)cc2)CC1. The molecule has 198 valence electrons. The zero-order valence-electron chi connectivity index (χ0n) is 21.4. The average molecular weight is 507 g/mol. The number of carbonyl (C=O) groups excluding carboxylic acids is 3. The van der Waals surface area contributed by atoms with Crippen LogP contribution < -0.4 is 10.2 Å². The molecule has 8 nitrogen and oxygen atoms in total. The lowest BCUT2D eigenvalue weighted by molar-refractivity contribution is -0.138. The van der Waals surface area contributed by atoms with E-state index in [4.69, 9.17) is 4.74 Å². The predicted octanol–water partition coefficient (Wildman–Crippen LogP) is 2.03. The number of hydrogen-bond donors (Lipinski definition) is 1. The number of rotatable bonds is 6. The molecule has 0 bridgehead atoms. The average Bonchev–Trinajstić information content (AvgIpc) is 3.38. The maximum atomic E-state index is 13.6. The van der Waals surface area contributed by atoms with Crippen molar-refractivity contribution in [2.75, 3.05) is 51.3 Å². The van der Waals surface area contributed by atoms with E-state index in [-0.39, 0.29) is 24.3 Å². The van der Waals surface area contributed by atoms with Gasteiger partial charge in [-0.15, -0.1) is 0 Å². The van der Waals surface area contributed by atoms with Crippen LogP contribution in [0.1, 0.15) is 37.6 Å². The van der Waals surface area contributed by atoms with Gasteiger partial charge in [-0.25, -0.2) is 8.78 Å². The second-order valence-corrected chi connectivity index (χ2v) is 11.3. The highest BCUT2D eigenvalue weighted by Crippen LogP contribution is 2.36. The number of nitrogens with zero attached hydrogens (tertiary/aromatic N) is 3. The van der Waals surface area contributed by atoms with Gasteiger partial charge in [0.1, 0.15) is 18.7 Å². The number of hydrogen-bond acceptors (Lipinski definition) is 6. The summed E-state index contributed by atoms with van der Waals surface area (Å²) in [6.45, 7) is 9.00. The minimum atomic E-state index is -2.71. The molecular weight excluding hydrogens is 470 g/mol. The predicted molar refractivity (Wildman–Crippen MR) is 131 cm³/mol. The number of benzene rings is 1. The third kappa shape index (κ3) is 5.70. The first-order valence-electron chi connectivity index (χ1n) is 12.5. The van der Waals surface area contributed by atoms with Crippen LogP contribution >= 0.6 is 0 Å². The molecule has 3 aliphatic heterocycles. The van der Waals surface area contributed by atoms with E-state index in [9.17, 15) is 23.2 Å². The molecule has 0 aliphatic carbocycles. The molecule has 0 aromatic heterocycles. The Hall–Kier alpha value is -2.59. The van der Waals surface area contributed by atoms with E-state index in [2.05, 4.69) is 22.2 Å². The summed E-state index contributed by atoms with van der Waals surface area (Å²) < 4.78 is 32.6. The van der Waals surface area contributed by atoms with Crippen molar-refractivity contribution in [3.8, 4) is 0 Å². The molecule has 10 heteroatoms. The number of halogens is 2. The van der Waals surface area contributed by atoms with E-state index < -0.39 is 42.3 Å². The highest BCUT2D eigenvalue weighted by molar-refractivity contribution is 5.99. The summed E-state index contributed by atoms with van der Waals surface area (Å²) >= 11 is 0. The largest absolute Gasteiger partial charge is 0.369 e. The molecule has 1 aromatic rings. The zero-order chi connectivity index (χ0) is 26.2. The van der Waals surface area contributed by atoms with Crippen LogP contribution in [0.2, 0.25) is 0 Å². The Morgan fingerprint density at radius 2 is 1.75 bits per heavy atom. The van der Waals surface area contributed by atoms with Crippen molar-refractivity contribution in [2.45, 2.75) is 51.8 Å². The van der Waals surface area contributed by atoms with Gasteiger partial charge in [0.15, 0.2) is 5.78 Å². The summed E-state index contributed by atoms with van der Waals surface area (Å²) in [4.78, 5) is 44.9. The molecule has 3 saturated heterocycles. The molecule has 0 spiro atoms. The lowest BCUT2D eigenvalue weighted by Crippen LogP contribution is -2.53. The molecule has 0 saturated carbocycles. The summed E-state index contributed by atoms with van der Waals surface area (Å²) in [6.07, 6.45) is -3.43. The molecule has 3 aliphatic rings. The first-order valence-corrected chi connectivity index (χ1v) is 12.5. The van der Waals surface area contributed by atoms with Crippen molar-refractivity contribution in [2.24, 2.45) is 11.3 Å². The second-order valence-electron chi connectivity index (χ2n) is 11.3. The number of ketones is 1. The molecule has 2 amide bonds. The van der Waals surface area contributed by atoms with Gasteiger partial charge in [-0.2, -0.15) is 0 Å². The van der Waals surface area contributed by atoms with Crippen molar-refractivity contribution in [3.05, 3.63) is 29.8 Å². The Balaban J connectivity index is 1.49. The van der Waals surface area contributed by atoms with Gasteiger partial charge in [0.2, 0.25) is 12.3 Å². The Bertz CT molecular complexity index is 973. The summed E-state index contributed by atoms with van der Waals surface area (Å²) in [7, 11) is 2.09. The van der Waals surface area contributed by atoms with Gasteiger partial charge in [0.05, 0.1) is 12.0 Å². The molecule has 0 unspecified atom stereocenters. The van der Waals surface area contributed by atoms with Crippen LogP contribution in [0.25, 0.3) is 0 Å². The number of likely N-dealkylation sites (tertiary alicyclic amines) is 1. The fourth-order valence-electron chi connectivity index (χ4n) is 5.28. The Kier molecular flexibility index (Phi) is 7.66. The molecule has 4 rings (SSSR count). The van der Waals surface area contributed by atoms with Gasteiger partial charge in [0.25, 0.3) is 5.91 Å². The van der Waals surface area contributed by atoms with E-state index in [1.807, 2.05) is 32.9 Å². The van der Waals surface area contributed by atoms with Gasteiger partial charge in [-0.05, 0) is 43.1 Å². The standard InChI is InChI=1S/C26H36F2N4O4/c1-26(2,3)13-19(25(35)32-14-18(23(27)28)22-21(32)20(33)15-36-22)29-24(34)16-5-7-17(8-6-16)31-11-9-30(4)10-12-31/h5-8,18-19,21-23H,9-15H2,1-4H3,(H,29,34)/t18-,19+,21-,22-/m1/s1. The third-order valence-corrected chi connectivity index (χ3v) is 7.25. The summed E-state index contributed by atoms with van der Waals surface area (Å²) in [5.41, 5.74) is 1.10. The van der Waals surface area contributed by atoms with E-state index in [1.54, 1.807) is 12.1 Å². The number of alkyl halides is 2. The van der Waals surface area contributed by atoms with Crippen LogP contribution in [-0.2, 0) is 14.3 Å². The van der Waals surface area contributed by atoms with Crippen LogP contribution in [0.5, 0.6) is 0 Å². The number of Topliss-reactive ketones (excluding diaryl/α,β-unsaturated/α-hetero) is 1. The fraction of sp³-hybridized carbons (Fsp3) is 0.654. The Morgan fingerprint density at radius 1 is 1.11 bits per heavy atom. The monoisotopic (exact) mass is 506 g/mol. The van der Waals surface area contributed by atoms with Gasteiger partial charge in [-0.1, -0.05) is 20.8 Å². The lowest BCUT2D eigenvalue weighted by atomic mass is 9.87. The minimum Gasteiger partial charge on any atom is -0.369 e. The zero-order valence-corrected chi connectivity index (χ0v) is 21.4. The van der Waals surface area contributed by atoms with E-state index in [0.29, 0.717) is 12.0 Å². The first-order chi connectivity index (χ1) is 16.9. The topological polar surface area (TPSA) is 82.2 Å². The third-order valence-electron chi connectivity index (χ3n) is 7.25. The van der Waals surface area contributed by atoms with Crippen LogP contribution in [0.15, 0.2) is 24.3 Å². The number of fused-ring (bicyclic) bond motifs is 1. The molecular formula is C26H36F2N4O4. The number of anilines is 1. The molecule has 1 N–H and O–H groups in total. The smallest absolute Gasteiger partial charge is 0.251 e. The number of carbonyl (C=O) groups is 3. The lowest BCUT2D eigenvalue weighted by Gasteiger charge is -2.34. The molecule has 4 atom stereocenters. The maximum absolute atomic E-state index is 13.6. The maximum Gasteiger partial charge on any atom is 0.251 e. The first kappa shape index (κ1) is 26.5. The van der Waals surface area contributed by atoms with E-state index >= 15 is 0 Å². The van der Waals surface area contributed by atoms with Crippen molar-refractivity contribution < 1.29 is 27.9 Å². The molecule has 36 heavy (non-hydrogen) atoms. The Morgan fingerprint density at radius 3 is 2.33 bits per heavy atom. The summed E-state index contributed by atoms with van der Waals surface area (Å²) in [6, 6.07) is 5.27. The summed E-state index contributed by atoms with van der Waals surface area (Å²) in [5.74, 6) is -2.54. The number of piperazine rings is 1. The second kappa shape index (κ2) is 10.4. The van der Waals surface area contributed by atoms with Crippen molar-refractivity contribution in [3.63, 3.8) is 0 Å². The van der Waals surface area contributed by atoms with E-state index in [1.165, 1.54) is 4.90 Å². The van der Waals surface area contributed by atoms with Crippen LogP contribution in [0.3, 0.4) is 0 Å². The van der Waals surface area contributed by atoms with Crippen LogP contribution in [-0.4, -0.2) is 98.4 Å². The minimum absolute atomic E-state index is 0.270. The molecule has 0 radical (unpaired) electrons. The van der Waals surface area contributed by atoms with E-state index in [0.717, 1.165) is 31.9 Å². The highest BCUT2D eigenvalue weighted by atomic mass is 19.3. The number of amides is 2. The number of ether oxygens (including phenoxy) is 1. The normalized spacial score (nSPS) is 25.9.